The van der Waals surface area contributed by atoms with Gasteiger partial charge in [-0.25, -0.2) is 5.43 Å². The van der Waals surface area contributed by atoms with Crippen LogP contribution >= 0.6 is 23.2 Å². The number of aryl methyl sites for hydroxylation is 1. The van der Waals surface area contributed by atoms with E-state index >= 15 is 0 Å². The molecule has 144 valence electrons. The van der Waals surface area contributed by atoms with Crippen molar-refractivity contribution in [1.82, 2.24) is 14.9 Å². The molecule has 0 aliphatic carbocycles. The van der Waals surface area contributed by atoms with Gasteiger partial charge in [0.25, 0.3) is 0 Å². The number of benzene rings is 1. The summed E-state index contributed by atoms with van der Waals surface area (Å²) in [5.41, 5.74) is 5.78. The molecule has 27 heavy (non-hydrogen) atoms. The first-order valence-corrected chi connectivity index (χ1v) is 9.31. The number of nitrogens with zero attached hydrogens (tertiary/aromatic N) is 3. The highest BCUT2D eigenvalue weighted by Gasteiger charge is 2.18. The van der Waals surface area contributed by atoms with Crippen molar-refractivity contribution in [1.29, 1.82) is 0 Å². The molecule has 8 heteroatoms. The van der Waals surface area contributed by atoms with Crippen molar-refractivity contribution in [3.63, 3.8) is 0 Å². The van der Waals surface area contributed by atoms with E-state index in [1.807, 2.05) is 50.5 Å². The van der Waals surface area contributed by atoms with Gasteiger partial charge in [-0.15, -0.1) is 0 Å². The molecule has 0 saturated heterocycles. The molecule has 0 fully saturated rings. The summed E-state index contributed by atoms with van der Waals surface area (Å²) in [6, 6.07) is 7.23. The zero-order chi connectivity index (χ0) is 20.1. The SMILES string of the molecule is CCN(CC)C(=O)C(=O)N/N=C\c1cc(C)n(-c2cc(Cl)cc(Cl)c2)c1C. The largest absolute Gasteiger partial charge is 0.335 e. The third-order valence-electron chi connectivity index (χ3n) is 4.19. The highest BCUT2D eigenvalue weighted by molar-refractivity contribution is 6.35. The molecule has 1 aromatic carbocycles. The summed E-state index contributed by atoms with van der Waals surface area (Å²) in [6.07, 6.45) is 1.51. The lowest BCUT2D eigenvalue weighted by Gasteiger charge is -2.16. The zero-order valence-electron chi connectivity index (χ0n) is 15.7. The third-order valence-corrected chi connectivity index (χ3v) is 4.63. The van der Waals surface area contributed by atoms with Crippen LogP contribution in [0.3, 0.4) is 0 Å². The van der Waals surface area contributed by atoms with Crippen molar-refractivity contribution in [3.8, 4) is 5.69 Å². The summed E-state index contributed by atoms with van der Waals surface area (Å²) in [5, 5.41) is 5.01. The molecule has 0 radical (unpaired) electrons. The highest BCUT2D eigenvalue weighted by Crippen LogP contribution is 2.25. The van der Waals surface area contributed by atoms with E-state index in [1.165, 1.54) is 11.1 Å². The lowest BCUT2D eigenvalue weighted by molar-refractivity contribution is -0.145. The first-order chi connectivity index (χ1) is 12.8. The van der Waals surface area contributed by atoms with E-state index in [2.05, 4.69) is 10.5 Å². The van der Waals surface area contributed by atoms with Gasteiger partial charge in [-0.2, -0.15) is 5.10 Å². The van der Waals surface area contributed by atoms with Gasteiger partial charge in [-0.1, -0.05) is 23.2 Å². The number of hydrogen-bond acceptors (Lipinski definition) is 3. The maximum atomic E-state index is 11.9. The summed E-state index contributed by atoms with van der Waals surface area (Å²) >= 11 is 12.2. The van der Waals surface area contributed by atoms with Crippen molar-refractivity contribution in [2.75, 3.05) is 13.1 Å². The van der Waals surface area contributed by atoms with Crippen LogP contribution in [0, 0.1) is 13.8 Å². The minimum absolute atomic E-state index is 0.468. The minimum Gasteiger partial charge on any atom is -0.335 e. The molecule has 2 amide bonds. The van der Waals surface area contributed by atoms with E-state index in [4.69, 9.17) is 23.2 Å². The van der Waals surface area contributed by atoms with Crippen molar-refractivity contribution in [2.24, 2.45) is 5.10 Å². The maximum absolute atomic E-state index is 11.9. The van der Waals surface area contributed by atoms with Crippen LogP contribution in [-0.4, -0.2) is 40.6 Å². The van der Waals surface area contributed by atoms with Crippen LogP contribution in [0.4, 0.5) is 0 Å². The molecule has 6 nitrogen and oxygen atoms in total. The van der Waals surface area contributed by atoms with E-state index in [0.717, 1.165) is 22.6 Å². The second kappa shape index (κ2) is 9.06. The second-order valence-electron chi connectivity index (χ2n) is 5.97. The minimum atomic E-state index is -0.759. The third kappa shape index (κ3) is 4.90. The number of hydrogen-bond donors (Lipinski definition) is 1. The van der Waals surface area contributed by atoms with Gasteiger partial charge in [0.15, 0.2) is 0 Å². The smallest absolute Gasteiger partial charge is 0.329 e. The standard InChI is InChI=1S/C19H22Cl2N4O2/c1-5-24(6-2)19(27)18(26)23-22-11-14-7-12(3)25(13(14)4)17-9-15(20)8-16(21)10-17/h7-11H,5-6H2,1-4H3,(H,23,26)/b22-11-. The fraction of sp³-hybridized carbons (Fsp3) is 0.316. The molecule has 0 spiro atoms. The first-order valence-electron chi connectivity index (χ1n) is 8.56. The average molecular weight is 409 g/mol. The molecule has 0 aliphatic heterocycles. The summed E-state index contributed by atoms with van der Waals surface area (Å²) in [4.78, 5) is 25.3. The van der Waals surface area contributed by atoms with Crippen molar-refractivity contribution in [3.05, 3.63) is 51.3 Å². The molecule has 0 saturated carbocycles. The van der Waals surface area contributed by atoms with Gasteiger partial charge < -0.3 is 9.47 Å². The maximum Gasteiger partial charge on any atom is 0.329 e. The Balaban J connectivity index is 2.20. The zero-order valence-corrected chi connectivity index (χ0v) is 17.2. The van der Waals surface area contributed by atoms with Crippen LogP contribution in [0.2, 0.25) is 10.0 Å². The van der Waals surface area contributed by atoms with Gasteiger partial charge in [-0.3, -0.25) is 9.59 Å². The molecule has 1 heterocycles. The van der Waals surface area contributed by atoms with E-state index < -0.39 is 11.8 Å². The Labute approximate surface area is 168 Å². The molecule has 2 aromatic rings. The number of hydrazone groups is 1. The van der Waals surface area contributed by atoms with Gasteiger partial charge in [-0.05, 0) is 52.0 Å². The Kier molecular flexibility index (Phi) is 7.05. The van der Waals surface area contributed by atoms with Gasteiger partial charge in [0.05, 0.1) is 6.21 Å². The average Bonchev–Trinajstić information content (AvgIpc) is 2.88. The van der Waals surface area contributed by atoms with Crippen LogP contribution in [-0.2, 0) is 9.59 Å². The lowest BCUT2D eigenvalue weighted by Crippen LogP contribution is -2.41. The lowest BCUT2D eigenvalue weighted by atomic mass is 10.2. The van der Waals surface area contributed by atoms with Gasteiger partial charge in [0.1, 0.15) is 0 Å². The van der Waals surface area contributed by atoms with E-state index in [-0.39, 0.29) is 0 Å². The molecule has 1 N–H and O–H groups in total. The summed E-state index contributed by atoms with van der Waals surface area (Å²) in [7, 11) is 0. The molecule has 1 aromatic heterocycles. The van der Waals surface area contributed by atoms with Gasteiger partial charge in [0.2, 0.25) is 0 Å². The monoisotopic (exact) mass is 408 g/mol. The number of nitrogens with one attached hydrogen (secondary N) is 1. The summed E-state index contributed by atoms with van der Waals surface area (Å²) < 4.78 is 1.99. The van der Waals surface area contributed by atoms with Crippen LogP contribution in [0.5, 0.6) is 0 Å². The molecule has 0 bridgehead atoms. The van der Waals surface area contributed by atoms with E-state index in [1.54, 1.807) is 6.07 Å². The number of aromatic nitrogens is 1. The second-order valence-corrected chi connectivity index (χ2v) is 6.84. The number of halogens is 2. The molecular weight excluding hydrogens is 387 g/mol. The Bertz CT molecular complexity index is 866. The van der Waals surface area contributed by atoms with Crippen LogP contribution in [0.15, 0.2) is 29.4 Å². The molecular formula is C19H22Cl2N4O2. The fourth-order valence-corrected chi connectivity index (χ4v) is 3.36. The Morgan fingerprint density at radius 2 is 1.70 bits per heavy atom. The Morgan fingerprint density at radius 1 is 1.11 bits per heavy atom. The number of rotatable bonds is 5. The van der Waals surface area contributed by atoms with Crippen molar-refractivity contribution in [2.45, 2.75) is 27.7 Å². The number of carbonyl (C=O) groups is 2. The summed E-state index contributed by atoms with van der Waals surface area (Å²) in [5.74, 6) is -1.36. The van der Waals surface area contributed by atoms with Crippen LogP contribution in [0.25, 0.3) is 5.69 Å². The topological polar surface area (TPSA) is 66.7 Å². The molecule has 2 rings (SSSR count). The molecule has 0 aliphatic rings. The number of amides is 2. The highest BCUT2D eigenvalue weighted by atomic mass is 35.5. The quantitative estimate of drug-likeness (QED) is 0.465. The Hall–Kier alpha value is -2.31. The number of carbonyl (C=O) groups excluding carboxylic acids is 2. The number of likely N-dealkylation sites (N-methyl/N-ethyl adjacent to an activating group) is 1. The van der Waals surface area contributed by atoms with Gasteiger partial charge >= 0.3 is 11.8 Å². The predicted octanol–water partition coefficient (Wildman–Crippen LogP) is 3.72. The normalized spacial score (nSPS) is 11.0. The van der Waals surface area contributed by atoms with Crippen LogP contribution in [0.1, 0.15) is 30.8 Å². The Morgan fingerprint density at radius 3 is 2.26 bits per heavy atom. The van der Waals surface area contributed by atoms with Crippen LogP contribution < -0.4 is 5.43 Å². The summed E-state index contributed by atoms with van der Waals surface area (Å²) in [6.45, 7) is 8.43. The van der Waals surface area contributed by atoms with E-state index in [0.29, 0.717) is 23.1 Å². The molecule has 0 unspecified atom stereocenters. The van der Waals surface area contributed by atoms with Crippen molar-refractivity contribution >= 4 is 41.2 Å². The first kappa shape index (κ1) is 21.0. The predicted molar refractivity (Wildman–Crippen MR) is 109 cm³/mol. The van der Waals surface area contributed by atoms with E-state index in [9.17, 15) is 9.59 Å². The molecule has 0 atom stereocenters. The van der Waals surface area contributed by atoms with Crippen molar-refractivity contribution < 1.29 is 9.59 Å². The fourth-order valence-electron chi connectivity index (χ4n) is 2.85. The van der Waals surface area contributed by atoms with Gasteiger partial charge in [0, 0.05) is 45.8 Å².